The maximum atomic E-state index is 12.5. The first kappa shape index (κ1) is 14.7. The first-order valence-corrected chi connectivity index (χ1v) is 8.11. The van der Waals surface area contributed by atoms with Crippen LogP contribution in [0.2, 0.25) is 0 Å². The van der Waals surface area contributed by atoms with Gasteiger partial charge in [0, 0.05) is 47.6 Å². The fraction of sp³-hybridized carbons (Fsp3) is 0.667. The molecule has 0 aliphatic carbocycles. The summed E-state index contributed by atoms with van der Waals surface area (Å²) in [5.74, 6) is 1.41. The molecule has 0 spiro atoms. The SMILES string of the molecule is CCn1c(C)cc(C(=O)CN2CCSC(C)C2)c1C. The van der Waals surface area contributed by atoms with Gasteiger partial charge in [0.15, 0.2) is 5.78 Å². The molecule has 3 nitrogen and oxygen atoms in total. The van der Waals surface area contributed by atoms with Crippen molar-refractivity contribution in [3.05, 3.63) is 23.0 Å². The standard InChI is InChI=1S/C15H24N2OS/c1-5-17-11(2)8-14(13(17)4)15(18)10-16-6-7-19-12(3)9-16/h8,12H,5-7,9-10H2,1-4H3. The minimum absolute atomic E-state index is 0.270. The second-order valence-electron chi connectivity index (χ2n) is 5.37. The fourth-order valence-corrected chi connectivity index (χ4v) is 3.97. The molecule has 2 rings (SSSR count). The van der Waals surface area contributed by atoms with E-state index in [1.165, 1.54) is 5.69 Å². The average Bonchev–Trinajstić information content (AvgIpc) is 2.64. The van der Waals surface area contributed by atoms with Crippen LogP contribution in [0.25, 0.3) is 0 Å². The molecule has 1 aliphatic heterocycles. The van der Waals surface area contributed by atoms with E-state index in [1.54, 1.807) is 0 Å². The molecule has 0 aromatic carbocycles. The molecule has 0 N–H and O–H groups in total. The highest BCUT2D eigenvalue weighted by atomic mass is 32.2. The number of hydrogen-bond acceptors (Lipinski definition) is 3. The van der Waals surface area contributed by atoms with Crippen molar-refractivity contribution in [2.45, 2.75) is 39.5 Å². The molecule has 0 bridgehead atoms. The molecule has 106 valence electrons. The van der Waals surface area contributed by atoms with Crippen LogP contribution in [0.15, 0.2) is 6.07 Å². The summed E-state index contributed by atoms with van der Waals surface area (Å²) in [5, 5.41) is 0.643. The zero-order valence-corrected chi connectivity index (χ0v) is 13.2. The van der Waals surface area contributed by atoms with Gasteiger partial charge in [0.2, 0.25) is 0 Å². The Bertz CT molecular complexity index is 467. The van der Waals surface area contributed by atoms with Crippen molar-refractivity contribution in [1.82, 2.24) is 9.47 Å². The summed E-state index contributed by atoms with van der Waals surface area (Å²) in [6.07, 6.45) is 0. The van der Waals surface area contributed by atoms with Gasteiger partial charge >= 0.3 is 0 Å². The number of aryl methyl sites for hydroxylation is 1. The highest BCUT2D eigenvalue weighted by molar-refractivity contribution is 7.99. The summed E-state index contributed by atoms with van der Waals surface area (Å²) < 4.78 is 2.21. The quantitative estimate of drug-likeness (QED) is 0.793. The van der Waals surface area contributed by atoms with Gasteiger partial charge in [0.25, 0.3) is 0 Å². The Kier molecular flexibility index (Phi) is 4.74. The maximum Gasteiger partial charge on any atom is 0.178 e. The van der Waals surface area contributed by atoms with Gasteiger partial charge in [-0.2, -0.15) is 11.8 Å². The van der Waals surface area contributed by atoms with Crippen LogP contribution in [0.3, 0.4) is 0 Å². The molecule has 1 saturated heterocycles. The minimum Gasteiger partial charge on any atom is -0.349 e. The van der Waals surface area contributed by atoms with Crippen molar-refractivity contribution in [2.75, 3.05) is 25.4 Å². The van der Waals surface area contributed by atoms with E-state index in [-0.39, 0.29) is 5.78 Å². The fourth-order valence-electron chi connectivity index (χ4n) is 2.89. The highest BCUT2D eigenvalue weighted by Gasteiger charge is 2.21. The molecule has 1 aliphatic rings. The number of rotatable bonds is 4. The normalized spacial score (nSPS) is 20.7. The number of carbonyl (C=O) groups excluding carboxylic acids is 1. The van der Waals surface area contributed by atoms with Gasteiger partial charge in [-0.15, -0.1) is 0 Å². The van der Waals surface area contributed by atoms with Gasteiger partial charge in [0.05, 0.1) is 6.54 Å². The highest BCUT2D eigenvalue weighted by Crippen LogP contribution is 2.20. The molecule has 0 saturated carbocycles. The lowest BCUT2D eigenvalue weighted by atomic mass is 10.1. The smallest absolute Gasteiger partial charge is 0.178 e. The lowest BCUT2D eigenvalue weighted by molar-refractivity contribution is 0.0933. The van der Waals surface area contributed by atoms with Crippen LogP contribution >= 0.6 is 11.8 Å². The molecule has 1 aromatic heterocycles. The van der Waals surface area contributed by atoms with E-state index in [4.69, 9.17) is 0 Å². The summed E-state index contributed by atoms with van der Waals surface area (Å²) in [5.41, 5.74) is 3.21. The van der Waals surface area contributed by atoms with Gasteiger partial charge < -0.3 is 4.57 Å². The number of Topliss-reactive ketones (excluding diaryl/α,β-unsaturated/α-hetero) is 1. The van der Waals surface area contributed by atoms with Crippen molar-refractivity contribution in [2.24, 2.45) is 0 Å². The van der Waals surface area contributed by atoms with Gasteiger partial charge in [-0.3, -0.25) is 9.69 Å². The van der Waals surface area contributed by atoms with E-state index in [1.807, 2.05) is 17.8 Å². The molecule has 1 fully saturated rings. The predicted molar refractivity (Wildman–Crippen MR) is 82.3 cm³/mol. The zero-order valence-electron chi connectivity index (χ0n) is 12.4. The van der Waals surface area contributed by atoms with Gasteiger partial charge in [-0.1, -0.05) is 6.92 Å². The molecule has 0 amide bonds. The molecule has 0 radical (unpaired) electrons. The Morgan fingerprint density at radius 3 is 2.79 bits per heavy atom. The molecule has 19 heavy (non-hydrogen) atoms. The Hall–Kier alpha value is -0.740. The summed E-state index contributed by atoms with van der Waals surface area (Å²) in [6, 6.07) is 2.04. The third kappa shape index (κ3) is 3.23. The lowest BCUT2D eigenvalue weighted by Crippen LogP contribution is -2.39. The summed E-state index contributed by atoms with van der Waals surface area (Å²) >= 11 is 2.00. The number of carbonyl (C=O) groups is 1. The monoisotopic (exact) mass is 280 g/mol. The molecular formula is C15H24N2OS. The maximum absolute atomic E-state index is 12.5. The predicted octanol–water partition coefficient (Wildman–Crippen LogP) is 2.74. The van der Waals surface area contributed by atoms with E-state index in [0.29, 0.717) is 11.8 Å². The third-order valence-corrected chi connectivity index (χ3v) is 5.02. The van der Waals surface area contributed by atoms with Gasteiger partial charge in [0.1, 0.15) is 0 Å². The Morgan fingerprint density at radius 1 is 1.47 bits per heavy atom. The number of nitrogens with zero attached hydrogens (tertiary/aromatic N) is 2. The number of thioether (sulfide) groups is 1. The molecular weight excluding hydrogens is 256 g/mol. The van der Waals surface area contributed by atoms with Crippen molar-refractivity contribution in [3.63, 3.8) is 0 Å². The molecule has 1 atom stereocenters. The number of ketones is 1. The van der Waals surface area contributed by atoms with Crippen LogP contribution < -0.4 is 0 Å². The Balaban J connectivity index is 2.07. The number of hydrogen-bond donors (Lipinski definition) is 0. The molecule has 4 heteroatoms. The van der Waals surface area contributed by atoms with E-state index in [9.17, 15) is 4.79 Å². The van der Waals surface area contributed by atoms with Gasteiger partial charge in [-0.25, -0.2) is 0 Å². The number of aromatic nitrogens is 1. The van der Waals surface area contributed by atoms with E-state index < -0.39 is 0 Å². The lowest BCUT2D eigenvalue weighted by Gasteiger charge is -2.29. The summed E-state index contributed by atoms with van der Waals surface area (Å²) in [4.78, 5) is 14.8. The van der Waals surface area contributed by atoms with Crippen LogP contribution in [0.1, 0.15) is 35.6 Å². The average molecular weight is 280 g/mol. The van der Waals surface area contributed by atoms with Crippen molar-refractivity contribution in [3.8, 4) is 0 Å². The van der Waals surface area contributed by atoms with E-state index in [2.05, 4.69) is 37.2 Å². The second kappa shape index (κ2) is 6.14. The van der Waals surface area contributed by atoms with Crippen molar-refractivity contribution >= 4 is 17.5 Å². The summed E-state index contributed by atoms with van der Waals surface area (Å²) in [7, 11) is 0. The van der Waals surface area contributed by atoms with Gasteiger partial charge in [-0.05, 0) is 26.8 Å². The Morgan fingerprint density at radius 2 is 2.21 bits per heavy atom. The topological polar surface area (TPSA) is 25.2 Å². The van der Waals surface area contributed by atoms with Crippen LogP contribution in [-0.2, 0) is 6.54 Å². The molecule has 1 aromatic rings. The largest absolute Gasteiger partial charge is 0.349 e. The third-order valence-electron chi connectivity index (χ3n) is 3.88. The molecule has 2 heterocycles. The second-order valence-corrected chi connectivity index (χ2v) is 6.92. The zero-order chi connectivity index (χ0) is 14.0. The van der Waals surface area contributed by atoms with E-state index in [0.717, 1.165) is 36.6 Å². The van der Waals surface area contributed by atoms with Crippen molar-refractivity contribution in [1.29, 1.82) is 0 Å². The van der Waals surface area contributed by atoms with Crippen LogP contribution in [0.4, 0.5) is 0 Å². The minimum atomic E-state index is 0.270. The Labute approximate surface area is 120 Å². The van der Waals surface area contributed by atoms with Crippen LogP contribution in [0, 0.1) is 13.8 Å². The van der Waals surface area contributed by atoms with Crippen LogP contribution in [-0.4, -0.2) is 45.9 Å². The van der Waals surface area contributed by atoms with Crippen molar-refractivity contribution < 1.29 is 4.79 Å². The first-order valence-electron chi connectivity index (χ1n) is 7.06. The van der Waals surface area contributed by atoms with E-state index >= 15 is 0 Å². The van der Waals surface area contributed by atoms with Crippen LogP contribution in [0.5, 0.6) is 0 Å². The first-order chi connectivity index (χ1) is 9.02. The molecule has 1 unspecified atom stereocenters. The summed E-state index contributed by atoms with van der Waals surface area (Å²) in [6.45, 7) is 12.1.